The van der Waals surface area contributed by atoms with Gasteiger partial charge in [0.05, 0.1) is 15.6 Å². The number of rotatable bonds is 4. The van der Waals surface area contributed by atoms with E-state index >= 15 is 0 Å². The zero-order chi connectivity index (χ0) is 13.7. The zero-order valence-electron chi connectivity index (χ0n) is 10.2. The number of nitrogens with zero attached hydrogens (tertiary/aromatic N) is 1. The Kier molecular flexibility index (Phi) is 4.81. The lowest BCUT2D eigenvalue weighted by molar-refractivity contribution is 0.692. The Morgan fingerprint density at radius 3 is 2.42 bits per heavy atom. The highest BCUT2D eigenvalue weighted by molar-refractivity contribution is 6.42. The SMILES string of the molecule is N#Cc1c(CNCc2ccccc2)ccc(Cl)c1Cl. The molecule has 2 nitrogen and oxygen atoms in total. The molecular formula is C15H12Cl2N2. The van der Waals surface area contributed by atoms with Crippen LogP contribution in [0.2, 0.25) is 10.0 Å². The molecule has 0 atom stereocenters. The fraction of sp³-hybridized carbons (Fsp3) is 0.133. The maximum atomic E-state index is 9.12. The van der Waals surface area contributed by atoms with Gasteiger partial charge in [-0.2, -0.15) is 5.26 Å². The summed E-state index contributed by atoms with van der Waals surface area (Å²) < 4.78 is 0. The van der Waals surface area contributed by atoms with Crippen LogP contribution in [-0.4, -0.2) is 0 Å². The molecule has 0 unspecified atom stereocenters. The van der Waals surface area contributed by atoms with Gasteiger partial charge in [0.1, 0.15) is 6.07 Å². The summed E-state index contributed by atoms with van der Waals surface area (Å²) in [5.41, 5.74) is 2.49. The standard InChI is InChI=1S/C15H12Cl2N2/c16-14-7-6-12(13(8-18)15(14)17)10-19-9-11-4-2-1-3-5-11/h1-7,19H,9-10H2. The molecule has 2 aromatic rings. The van der Waals surface area contributed by atoms with Crippen molar-refractivity contribution in [1.29, 1.82) is 5.26 Å². The van der Waals surface area contributed by atoms with Crippen LogP contribution < -0.4 is 5.32 Å². The molecule has 0 aliphatic carbocycles. The van der Waals surface area contributed by atoms with Crippen molar-refractivity contribution in [3.8, 4) is 6.07 Å². The van der Waals surface area contributed by atoms with Crippen LogP contribution in [0.15, 0.2) is 42.5 Å². The van der Waals surface area contributed by atoms with E-state index < -0.39 is 0 Å². The summed E-state index contributed by atoms with van der Waals surface area (Å²) in [6.07, 6.45) is 0. The lowest BCUT2D eigenvalue weighted by Gasteiger charge is -2.08. The number of hydrogen-bond donors (Lipinski definition) is 1. The Morgan fingerprint density at radius 1 is 1.00 bits per heavy atom. The molecule has 0 heterocycles. The second-order valence-electron chi connectivity index (χ2n) is 4.10. The highest BCUT2D eigenvalue weighted by Crippen LogP contribution is 2.27. The molecule has 2 aromatic carbocycles. The third-order valence-electron chi connectivity index (χ3n) is 2.78. The van der Waals surface area contributed by atoms with Crippen LogP contribution in [0, 0.1) is 11.3 Å². The predicted octanol–water partition coefficient (Wildman–Crippen LogP) is 4.15. The summed E-state index contributed by atoms with van der Waals surface area (Å²) in [5.74, 6) is 0. The summed E-state index contributed by atoms with van der Waals surface area (Å²) in [6.45, 7) is 1.32. The topological polar surface area (TPSA) is 35.8 Å². The van der Waals surface area contributed by atoms with Gasteiger partial charge >= 0.3 is 0 Å². The first-order valence-electron chi connectivity index (χ1n) is 5.84. The maximum absolute atomic E-state index is 9.12. The van der Waals surface area contributed by atoms with Crippen molar-refractivity contribution < 1.29 is 0 Å². The molecule has 4 heteroatoms. The highest BCUT2D eigenvalue weighted by Gasteiger charge is 2.09. The van der Waals surface area contributed by atoms with Crippen LogP contribution in [0.1, 0.15) is 16.7 Å². The monoisotopic (exact) mass is 290 g/mol. The highest BCUT2D eigenvalue weighted by atomic mass is 35.5. The molecule has 0 saturated heterocycles. The molecule has 2 rings (SSSR count). The van der Waals surface area contributed by atoms with Crippen LogP contribution in [-0.2, 0) is 13.1 Å². The molecule has 0 spiro atoms. The van der Waals surface area contributed by atoms with Crippen LogP contribution >= 0.6 is 23.2 Å². The Labute approximate surface area is 122 Å². The van der Waals surface area contributed by atoms with Gasteiger partial charge < -0.3 is 5.32 Å². The van der Waals surface area contributed by atoms with E-state index in [-0.39, 0.29) is 0 Å². The van der Waals surface area contributed by atoms with Crippen molar-refractivity contribution in [2.24, 2.45) is 0 Å². The summed E-state index contributed by atoms with van der Waals surface area (Å²) in [6, 6.07) is 15.7. The van der Waals surface area contributed by atoms with E-state index in [9.17, 15) is 0 Å². The Morgan fingerprint density at radius 2 is 1.74 bits per heavy atom. The molecule has 0 saturated carbocycles. The van der Waals surface area contributed by atoms with Crippen LogP contribution in [0.5, 0.6) is 0 Å². The average Bonchev–Trinajstić information content (AvgIpc) is 2.44. The summed E-state index contributed by atoms with van der Waals surface area (Å²) >= 11 is 11.9. The van der Waals surface area contributed by atoms with Crippen molar-refractivity contribution in [3.05, 3.63) is 69.2 Å². The molecule has 0 bridgehead atoms. The van der Waals surface area contributed by atoms with Gasteiger partial charge in [0.25, 0.3) is 0 Å². The Hall–Kier alpha value is -1.53. The summed E-state index contributed by atoms with van der Waals surface area (Å²) in [4.78, 5) is 0. The van der Waals surface area contributed by atoms with E-state index in [0.717, 1.165) is 12.1 Å². The fourth-order valence-corrected chi connectivity index (χ4v) is 2.18. The molecule has 19 heavy (non-hydrogen) atoms. The first kappa shape index (κ1) is 13.9. The van der Waals surface area contributed by atoms with Gasteiger partial charge in [0, 0.05) is 13.1 Å². The summed E-state index contributed by atoms with van der Waals surface area (Å²) in [5, 5.41) is 13.1. The lowest BCUT2D eigenvalue weighted by Crippen LogP contribution is -2.13. The van der Waals surface area contributed by atoms with E-state index in [1.165, 1.54) is 5.56 Å². The summed E-state index contributed by atoms with van der Waals surface area (Å²) in [7, 11) is 0. The minimum atomic E-state index is 0.322. The molecule has 0 radical (unpaired) electrons. The minimum Gasteiger partial charge on any atom is -0.309 e. The first-order chi connectivity index (χ1) is 9.22. The average molecular weight is 291 g/mol. The van der Waals surface area contributed by atoms with Crippen molar-refractivity contribution in [3.63, 3.8) is 0 Å². The molecule has 96 valence electrons. The number of nitrogens with one attached hydrogen (secondary N) is 1. The number of nitriles is 1. The van der Waals surface area contributed by atoms with Crippen molar-refractivity contribution in [2.45, 2.75) is 13.1 Å². The van der Waals surface area contributed by atoms with Crippen molar-refractivity contribution in [2.75, 3.05) is 0 Å². The Balaban J connectivity index is 2.05. The van der Waals surface area contributed by atoms with Gasteiger partial charge in [-0.25, -0.2) is 0 Å². The van der Waals surface area contributed by atoms with E-state index in [2.05, 4.69) is 11.4 Å². The van der Waals surface area contributed by atoms with Gasteiger partial charge in [-0.3, -0.25) is 0 Å². The number of benzene rings is 2. The van der Waals surface area contributed by atoms with Crippen LogP contribution in [0.4, 0.5) is 0 Å². The van der Waals surface area contributed by atoms with Gasteiger partial charge in [-0.05, 0) is 17.2 Å². The van der Waals surface area contributed by atoms with Crippen LogP contribution in [0.25, 0.3) is 0 Å². The van der Waals surface area contributed by atoms with E-state index in [0.29, 0.717) is 22.2 Å². The van der Waals surface area contributed by atoms with Gasteiger partial charge in [0.2, 0.25) is 0 Å². The fourth-order valence-electron chi connectivity index (χ4n) is 1.80. The third-order valence-corrected chi connectivity index (χ3v) is 3.58. The van der Waals surface area contributed by atoms with Gasteiger partial charge in [-0.15, -0.1) is 0 Å². The number of halogens is 2. The first-order valence-corrected chi connectivity index (χ1v) is 6.59. The molecule has 0 aliphatic rings. The minimum absolute atomic E-state index is 0.322. The van der Waals surface area contributed by atoms with Gasteiger partial charge in [0.15, 0.2) is 0 Å². The molecule has 0 aliphatic heterocycles. The van der Waals surface area contributed by atoms with Crippen molar-refractivity contribution in [1.82, 2.24) is 5.32 Å². The second kappa shape index (κ2) is 6.58. The smallest absolute Gasteiger partial charge is 0.101 e. The lowest BCUT2D eigenvalue weighted by atomic mass is 10.1. The Bertz CT molecular complexity index is 604. The quantitative estimate of drug-likeness (QED) is 0.918. The molecular weight excluding hydrogens is 279 g/mol. The molecule has 0 amide bonds. The number of hydrogen-bond acceptors (Lipinski definition) is 2. The molecule has 0 fully saturated rings. The normalized spacial score (nSPS) is 10.2. The largest absolute Gasteiger partial charge is 0.309 e. The third kappa shape index (κ3) is 3.48. The van der Waals surface area contributed by atoms with Crippen LogP contribution in [0.3, 0.4) is 0 Å². The van der Waals surface area contributed by atoms with Gasteiger partial charge in [-0.1, -0.05) is 59.6 Å². The maximum Gasteiger partial charge on any atom is 0.101 e. The predicted molar refractivity (Wildman–Crippen MR) is 78.2 cm³/mol. The van der Waals surface area contributed by atoms with Crippen molar-refractivity contribution >= 4 is 23.2 Å². The molecule has 0 aromatic heterocycles. The van der Waals surface area contributed by atoms with E-state index in [4.69, 9.17) is 28.5 Å². The van der Waals surface area contributed by atoms with E-state index in [1.807, 2.05) is 36.4 Å². The van der Waals surface area contributed by atoms with E-state index in [1.54, 1.807) is 6.07 Å². The second-order valence-corrected chi connectivity index (χ2v) is 4.88. The molecule has 1 N–H and O–H groups in total. The zero-order valence-corrected chi connectivity index (χ0v) is 11.7.